The zero-order chi connectivity index (χ0) is 23.5. The van der Waals surface area contributed by atoms with E-state index in [0.717, 1.165) is 47.7 Å². The van der Waals surface area contributed by atoms with Crippen LogP contribution in [-0.2, 0) is 11.3 Å². The van der Waals surface area contributed by atoms with Gasteiger partial charge in [0.15, 0.2) is 0 Å². The zero-order valence-corrected chi connectivity index (χ0v) is 20.0. The summed E-state index contributed by atoms with van der Waals surface area (Å²) in [6, 6.07) is 23.8. The van der Waals surface area contributed by atoms with Gasteiger partial charge in [-0.2, -0.15) is 0 Å². The minimum Gasteiger partial charge on any atom is -0.494 e. The topological polar surface area (TPSA) is 47.4 Å². The lowest BCUT2D eigenvalue weighted by atomic mass is 10.1. The summed E-state index contributed by atoms with van der Waals surface area (Å²) < 4.78 is 8.15. The Kier molecular flexibility index (Phi) is 6.54. The van der Waals surface area contributed by atoms with Gasteiger partial charge in [-0.25, -0.2) is 4.98 Å². The summed E-state index contributed by atoms with van der Waals surface area (Å²) in [7, 11) is 0. The van der Waals surface area contributed by atoms with E-state index in [2.05, 4.69) is 29.7 Å². The van der Waals surface area contributed by atoms with E-state index in [1.54, 1.807) is 0 Å². The van der Waals surface area contributed by atoms with Crippen molar-refractivity contribution < 1.29 is 9.53 Å². The molecule has 5 nitrogen and oxygen atoms in total. The molecular formula is C28H28ClN3O2. The fraction of sp³-hybridized carbons (Fsp3) is 0.286. The van der Waals surface area contributed by atoms with Gasteiger partial charge in [0.2, 0.25) is 5.91 Å². The molecule has 1 amide bonds. The molecule has 1 aliphatic heterocycles. The number of halogens is 1. The molecule has 5 rings (SSSR count). The van der Waals surface area contributed by atoms with Crippen molar-refractivity contribution in [1.82, 2.24) is 9.55 Å². The van der Waals surface area contributed by atoms with Crippen LogP contribution >= 0.6 is 11.6 Å². The molecule has 1 aromatic heterocycles. The number of unbranched alkanes of at least 4 members (excludes halogenated alkanes) is 1. The molecule has 1 unspecified atom stereocenters. The summed E-state index contributed by atoms with van der Waals surface area (Å²) in [4.78, 5) is 19.8. The standard InChI is InChI=1S/C28H28ClN3O2/c1-20-8-12-23(13-9-20)32-19-21(18-27(32)33)28-30-25-6-2-3-7-26(25)31(28)16-4-5-17-34-24-14-10-22(29)11-15-24/h2-3,6-15,21H,4-5,16-19H2,1H3. The number of hydrogen-bond donors (Lipinski definition) is 0. The number of benzene rings is 3. The zero-order valence-electron chi connectivity index (χ0n) is 19.3. The maximum atomic E-state index is 12.9. The van der Waals surface area contributed by atoms with E-state index in [9.17, 15) is 4.79 Å². The van der Waals surface area contributed by atoms with E-state index in [1.165, 1.54) is 5.56 Å². The average molecular weight is 474 g/mol. The molecule has 0 aliphatic carbocycles. The fourth-order valence-corrected chi connectivity index (χ4v) is 4.71. The van der Waals surface area contributed by atoms with Crippen LogP contribution < -0.4 is 9.64 Å². The van der Waals surface area contributed by atoms with Gasteiger partial charge in [0, 0.05) is 36.1 Å². The van der Waals surface area contributed by atoms with Crippen LogP contribution in [0.2, 0.25) is 5.02 Å². The van der Waals surface area contributed by atoms with Crippen molar-refractivity contribution in [2.45, 2.75) is 38.6 Å². The lowest BCUT2D eigenvalue weighted by molar-refractivity contribution is -0.117. The Labute approximate surface area is 204 Å². The third-order valence-electron chi connectivity index (χ3n) is 6.38. The van der Waals surface area contributed by atoms with E-state index in [1.807, 2.05) is 59.5 Å². The Balaban J connectivity index is 1.28. The number of carbonyl (C=O) groups is 1. The predicted octanol–water partition coefficient (Wildman–Crippen LogP) is 6.38. The smallest absolute Gasteiger partial charge is 0.227 e. The highest BCUT2D eigenvalue weighted by atomic mass is 35.5. The molecule has 4 aromatic rings. The summed E-state index contributed by atoms with van der Waals surface area (Å²) in [6.07, 6.45) is 2.37. The molecule has 0 N–H and O–H groups in total. The Hall–Kier alpha value is -3.31. The highest BCUT2D eigenvalue weighted by Gasteiger charge is 2.34. The Morgan fingerprint density at radius 2 is 1.76 bits per heavy atom. The third kappa shape index (κ3) is 4.80. The van der Waals surface area contributed by atoms with Crippen LogP contribution in [0, 0.1) is 6.92 Å². The molecule has 1 fully saturated rings. The second-order valence-electron chi connectivity index (χ2n) is 8.86. The molecule has 1 saturated heterocycles. The van der Waals surface area contributed by atoms with Gasteiger partial charge < -0.3 is 14.2 Å². The van der Waals surface area contributed by atoms with Crippen molar-refractivity contribution in [2.75, 3.05) is 18.1 Å². The van der Waals surface area contributed by atoms with Gasteiger partial charge in [-0.3, -0.25) is 4.79 Å². The monoisotopic (exact) mass is 473 g/mol. The fourth-order valence-electron chi connectivity index (χ4n) is 4.59. The van der Waals surface area contributed by atoms with Gasteiger partial charge in [-0.1, -0.05) is 41.4 Å². The van der Waals surface area contributed by atoms with Gasteiger partial charge >= 0.3 is 0 Å². The molecular weight excluding hydrogens is 446 g/mol. The number of rotatable bonds is 8. The van der Waals surface area contributed by atoms with Crippen LogP contribution in [0.15, 0.2) is 72.8 Å². The lowest BCUT2D eigenvalue weighted by Gasteiger charge is -2.18. The normalized spacial score (nSPS) is 15.9. The number of aryl methyl sites for hydroxylation is 2. The van der Waals surface area contributed by atoms with Crippen LogP contribution in [0.3, 0.4) is 0 Å². The van der Waals surface area contributed by atoms with Gasteiger partial charge in [0.05, 0.1) is 17.6 Å². The van der Waals surface area contributed by atoms with Crippen molar-refractivity contribution in [2.24, 2.45) is 0 Å². The second kappa shape index (κ2) is 9.90. The van der Waals surface area contributed by atoms with E-state index < -0.39 is 0 Å². The van der Waals surface area contributed by atoms with Crippen LogP contribution in [-0.4, -0.2) is 28.6 Å². The number of aromatic nitrogens is 2. The molecule has 3 aromatic carbocycles. The molecule has 1 atom stereocenters. The number of anilines is 1. The van der Waals surface area contributed by atoms with E-state index in [0.29, 0.717) is 24.6 Å². The minimum absolute atomic E-state index is 0.0755. The maximum Gasteiger partial charge on any atom is 0.227 e. The Morgan fingerprint density at radius 3 is 2.56 bits per heavy atom. The van der Waals surface area contributed by atoms with Crippen molar-refractivity contribution >= 4 is 34.2 Å². The SMILES string of the molecule is Cc1ccc(N2CC(c3nc4ccccc4n3CCCCOc3ccc(Cl)cc3)CC2=O)cc1. The third-order valence-corrected chi connectivity index (χ3v) is 6.63. The molecule has 0 saturated carbocycles. The largest absolute Gasteiger partial charge is 0.494 e. The number of carbonyl (C=O) groups excluding carboxylic acids is 1. The first kappa shape index (κ1) is 22.5. The number of amides is 1. The highest BCUT2D eigenvalue weighted by molar-refractivity contribution is 6.30. The van der Waals surface area contributed by atoms with E-state index >= 15 is 0 Å². The molecule has 34 heavy (non-hydrogen) atoms. The first-order valence-corrected chi connectivity index (χ1v) is 12.2. The van der Waals surface area contributed by atoms with Gasteiger partial charge in [0.25, 0.3) is 0 Å². The van der Waals surface area contributed by atoms with Crippen molar-refractivity contribution in [3.05, 3.63) is 89.2 Å². The second-order valence-corrected chi connectivity index (χ2v) is 9.30. The van der Waals surface area contributed by atoms with Gasteiger partial charge in [-0.05, 0) is 68.3 Å². The van der Waals surface area contributed by atoms with Gasteiger partial charge in [-0.15, -0.1) is 0 Å². The maximum absolute atomic E-state index is 12.9. The van der Waals surface area contributed by atoms with E-state index in [4.69, 9.17) is 21.3 Å². The van der Waals surface area contributed by atoms with Crippen LogP contribution in [0.1, 0.15) is 36.6 Å². The summed E-state index contributed by atoms with van der Waals surface area (Å²) in [6.45, 7) is 4.20. The predicted molar refractivity (Wildman–Crippen MR) is 137 cm³/mol. The number of para-hydroxylation sites is 2. The van der Waals surface area contributed by atoms with E-state index in [-0.39, 0.29) is 11.8 Å². The summed E-state index contributed by atoms with van der Waals surface area (Å²) in [5.74, 6) is 2.07. The number of hydrogen-bond acceptors (Lipinski definition) is 3. The van der Waals surface area contributed by atoms with Crippen molar-refractivity contribution in [1.29, 1.82) is 0 Å². The van der Waals surface area contributed by atoms with Crippen molar-refractivity contribution in [3.63, 3.8) is 0 Å². The number of ether oxygens (including phenoxy) is 1. The summed E-state index contributed by atoms with van der Waals surface area (Å²) in [5.41, 5.74) is 4.25. The molecule has 2 heterocycles. The molecule has 0 spiro atoms. The van der Waals surface area contributed by atoms with Crippen molar-refractivity contribution in [3.8, 4) is 5.75 Å². The molecule has 0 radical (unpaired) electrons. The average Bonchev–Trinajstić information content (AvgIpc) is 3.41. The number of nitrogens with zero attached hydrogens (tertiary/aromatic N) is 3. The quantitative estimate of drug-likeness (QED) is 0.279. The Bertz CT molecular complexity index is 1280. The number of fused-ring (bicyclic) bond motifs is 1. The Morgan fingerprint density at radius 1 is 1.00 bits per heavy atom. The summed E-state index contributed by atoms with van der Waals surface area (Å²) in [5, 5.41) is 0.707. The molecule has 174 valence electrons. The van der Waals surface area contributed by atoms with Gasteiger partial charge in [0.1, 0.15) is 11.6 Å². The first-order valence-electron chi connectivity index (χ1n) is 11.8. The molecule has 1 aliphatic rings. The van der Waals surface area contributed by atoms with Crippen LogP contribution in [0.5, 0.6) is 5.75 Å². The lowest BCUT2D eigenvalue weighted by Crippen LogP contribution is -2.24. The highest BCUT2D eigenvalue weighted by Crippen LogP contribution is 2.33. The van der Waals surface area contributed by atoms with Crippen LogP contribution in [0.4, 0.5) is 5.69 Å². The summed E-state index contributed by atoms with van der Waals surface area (Å²) >= 11 is 5.94. The molecule has 0 bridgehead atoms. The first-order chi connectivity index (χ1) is 16.6. The number of imidazole rings is 1. The minimum atomic E-state index is 0.0755. The molecule has 6 heteroatoms. The van der Waals surface area contributed by atoms with Crippen LogP contribution in [0.25, 0.3) is 11.0 Å².